The quantitative estimate of drug-likeness (QED) is 0.414. The Morgan fingerprint density at radius 1 is 0.786 bits per heavy atom. The molecule has 0 bridgehead atoms. The average Bonchev–Trinajstić information content (AvgIpc) is 3.14. The van der Waals surface area contributed by atoms with Crippen molar-refractivity contribution in [2.24, 2.45) is 0 Å². The number of aromatic nitrogens is 4. The molecule has 0 N–H and O–H groups in total. The molecule has 5 aromatic rings. The SMILES string of the molecule is O=c1c2ccccc2n2c(-c3ccccc3Cl)nnc2n1-c1ccc(Cl)cc1. The summed E-state index contributed by atoms with van der Waals surface area (Å²) in [5.41, 5.74) is 1.93. The molecule has 5 rings (SSSR count). The highest BCUT2D eigenvalue weighted by atomic mass is 35.5. The molecule has 0 atom stereocenters. The van der Waals surface area contributed by atoms with Crippen LogP contribution in [0.1, 0.15) is 0 Å². The molecule has 0 aliphatic rings. The molecular formula is C21H12Cl2N4O. The van der Waals surface area contributed by atoms with Crippen molar-refractivity contribution in [3.63, 3.8) is 0 Å². The van der Waals surface area contributed by atoms with Crippen LogP contribution in [0.2, 0.25) is 10.0 Å². The lowest BCUT2D eigenvalue weighted by molar-refractivity contribution is 0.967. The van der Waals surface area contributed by atoms with Crippen molar-refractivity contribution in [2.75, 3.05) is 0 Å². The smallest absolute Gasteiger partial charge is 0.267 e. The van der Waals surface area contributed by atoms with Crippen molar-refractivity contribution < 1.29 is 0 Å². The lowest BCUT2D eigenvalue weighted by atomic mass is 10.2. The minimum atomic E-state index is -0.177. The molecule has 0 saturated heterocycles. The van der Waals surface area contributed by atoms with Gasteiger partial charge in [0.15, 0.2) is 5.82 Å². The zero-order valence-corrected chi connectivity index (χ0v) is 15.9. The summed E-state index contributed by atoms with van der Waals surface area (Å²) in [6.07, 6.45) is 0. The third kappa shape index (κ3) is 2.52. The Morgan fingerprint density at radius 2 is 1.50 bits per heavy atom. The summed E-state index contributed by atoms with van der Waals surface area (Å²) in [4.78, 5) is 13.3. The second-order valence-electron chi connectivity index (χ2n) is 6.27. The molecule has 5 nitrogen and oxygen atoms in total. The summed E-state index contributed by atoms with van der Waals surface area (Å²) in [5.74, 6) is 0.973. The van der Waals surface area contributed by atoms with Gasteiger partial charge in [-0.15, -0.1) is 10.2 Å². The fraction of sp³-hybridized carbons (Fsp3) is 0. The first-order chi connectivity index (χ1) is 13.6. The lowest BCUT2D eigenvalue weighted by Gasteiger charge is -2.12. The van der Waals surface area contributed by atoms with Gasteiger partial charge in [-0.3, -0.25) is 9.20 Å². The molecule has 0 amide bonds. The van der Waals surface area contributed by atoms with E-state index in [9.17, 15) is 4.79 Å². The zero-order chi connectivity index (χ0) is 19.3. The Hall–Kier alpha value is -3.15. The van der Waals surface area contributed by atoms with Crippen LogP contribution in [0.3, 0.4) is 0 Å². The molecule has 136 valence electrons. The first-order valence-electron chi connectivity index (χ1n) is 8.55. The van der Waals surface area contributed by atoms with Crippen LogP contribution in [0.5, 0.6) is 0 Å². The van der Waals surface area contributed by atoms with E-state index in [1.165, 1.54) is 4.57 Å². The van der Waals surface area contributed by atoms with Gasteiger partial charge in [-0.05, 0) is 48.5 Å². The number of fused-ring (bicyclic) bond motifs is 3. The Kier molecular flexibility index (Phi) is 3.93. The Bertz CT molecular complexity index is 1400. The summed E-state index contributed by atoms with van der Waals surface area (Å²) in [5, 5.41) is 10.4. The van der Waals surface area contributed by atoms with E-state index in [-0.39, 0.29) is 5.56 Å². The van der Waals surface area contributed by atoms with Crippen molar-refractivity contribution in [3.05, 3.63) is 93.2 Å². The summed E-state index contributed by atoms with van der Waals surface area (Å²) < 4.78 is 3.39. The maximum atomic E-state index is 13.3. The Labute approximate surface area is 169 Å². The fourth-order valence-corrected chi connectivity index (χ4v) is 3.69. The number of rotatable bonds is 2. The topological polar surface area (TPSA) is 52.2 Å². The van der Waals surface area contributed by atoms with Crippen molar-refractivity contribution in [1.29, 1.82) is 0 Å². The van der Waals surface area contributed by atoms with E-state index in [2.05, 4.69) is 10.2 Å². The standard InChI is InChI=1S/C21H12Cl2N4O/c22-13-9-11-14(12-10-13)26-20(28)16-6-2-4-8-18(16)27-19(24-25-21(26)27)15-5-1-3-7-17(15)23/h1-12H. The van der Waals surface area contributed by atoms with E-state index in [1.807, 2.05) is 40.8 Å². The Balaban J connectivity index is 1.97. The zero-order valence-electron chi connectivity index (χ0n) is 14.4. The normalized spacial score (nSPS) is 11.4. The summed E-state index contributed by atoms with van der Waals surface area (Å²) in [6.45, 7) is 0. The third-order valence-electron chi connectivity index (χ3n) is 4.62. The maximum Gasteiger partial charge on any atom is 0.267 e. The predicted octanol–water partition coefficient (Wildman–Crippen LogP) is 5.01. The largest absolute Gasteiger partial charge is 0.268 e. The van der Waals surface area contributed by atoms with Gasteiger partial charge in [0.05, 0.1) is 21.6 Å². The monoisotopic (exact) mass is 406 g/mol. The number of para-hydroxylation sites is 1. The van der Waals surface area contributed by atoms with Crippen molar-refractivity contribution in [3.8, 4) is 17.1 Å². The minimum absolute atomic E-state index is 0.177. The van der Waals surface area contributed by atoms with E-state index in [1.54, 1.807) is 36.4 Å². The highest BCUT2D eigenvalue weighted by molar-refractivity contribution is 6.33. The first kappa shape index (κ1) is 17.0. The van der Waals surface area contributed by atoms with Gasteiger partial charge >= 0.3 is 0 Å². The molecule has 0 fully saturated rings. The van der Waals surface area contributed by atoms with E-state index in [0.717, 1.165) is 5.56 Å². The van der Waals surface area contributed by atoms with Crippen LogP contribution in [0.4, 0.5) is 0 Å². The van der Waals surface area contributed by atoms with Crippen molar-refractivity contribution in [1.82, 2.24) is 19.2 Å². The van der Waals surface area contributed by atoms with Gasteiger partial charge in [0.1, 0.15) is 0 Å². The molecule has 3 aromatic carbocycles. The molecule has 2 heterocycles. The molecular weight excluding hydrogens is 395 g/mol. The van der Waals surface area contributed by atoms with E-state index in [0.29, 0.717) is 38.2 Å². The number of hydrogen-bond acceptors (Lipinski definition) is 3. The lowest BCUT2D eigenvalue weighted by Crippen LogP contribution is -2.21. The predicted molar refractivity (Wildman–Crippen MR) is 112 cm³/mol. The second kappa shape index (κ2) is 6.48. The van der Waals surface area contributed by atoms with Gasteiger partial charge < -0.3 is 0 Å². The Morgan fingerprint density at radius 3 is 2.29 bits per heavy atom. The van der Waals surface area contributed by atoms with Crippen LogP contribution in [0, 0.1) is 0 Å². The van der Waals surface area contributed by atoms with E-state index in [4.69, 9.17) is 23.2 Å². The van der Waals surface area contributed by atoms with Crippen LogP contribution in [0.25, 0.3) is 33.8 Å². The van der Waals surface area contributed by atoms with Gasteiger partial charge in [-0.25, -0.2) is 4.57 Å². The fourth-order valence-electron chi connectivity index (χ4n) is 3.34. The van der Waals surface area contributed by atoms with Crippen LogP contribution in [-0.4, -0.2) is 19.2 Å². The molecule has 28 heavy (non-hydrogen) atoms. The number of halogens is 2. The van der Waals surface area contributed by atoms with Gasteiger partial charge in [0, 0.05) is 10.6 Å². The molecule has 2 aromatic heterocycles. The molecule has 0 unspecified atom stereocenters. The van der Waals surface area contributed by atoms with Crippen LogP contribution in [0.15, 0.2) is 77.6 Å². The summed E-state index contributed by atoms with van der Waals surface area (Å²) in [6, 6.07) is 21.8. The second-order valence-corrected chi connectivity index (χ2v) is 7.12. The molecule has 0 aliphatic heterocycles. The molecule has 7 heteroatoms. The van der Waals surface area contributed by atoms with Gasteiger partial charge in [-0.2, -0.15) is 0 Å². The third-order valence-corrected chi connectivity index (χ3v) is 5.21. The summed E-state index contributed by atoms with van der Waals surface area (Å²) >= 11 is 12.4. The minimum Gasteiger partial charge on any atom is -0.268 e. The van der Waals surface area contributed by atoms with Gasteiger partial charge in [-0.1, -0.05) is 47.5 Å². The average molecular weight is 407 g/mol. The van der Waals surface area contributed by atoms with E-state index < -0.39 is 0 Å². The number of benzene rings is 3. The highest BCUT2D eigenvalue weighted by Crippen LogP contribution is 2.29. The first-order valence-corrected chi connectivity index (χ1v) is 9.30. The molecule has 0 aliphatic carbocycles. The number of nitrogens with zero attached hydrogens (tertiary/aromatic N) is 4. The van der Waals surface area contributed by atoms with Gasteiger partial charge in [0.25, 0.3) is 5.56 Å². The maximum absolute atomic E-state index is 13.3. The summed E-state index contributed by atoms with van der Waals surface area (Å²) in [7, 11) is 0. The van der Waals surface area contributed by atoms with Gasteiger partial charge in [0.2, 0.25) is 5.78 Å². The van der Waals surface area contributed by atoms with E-state index >= 15 is 0 Å². The van der Waals surface area contributed by atoms with Crippen LogP contribution >= 0.6 is 23.2 Å². The van der Waals surface area contributed by atoms with Crippen LogP contribution < -0.4 is 5.56 Å². The molecule has 0 spiro atoms. The van der Waals surface area contributed by atoms with Crippen LogP contribution in [-0.2, 0) is 0 Å². The molecule has 0 saturated carbocycles. The highest BCUT2D eigenvalue weighted by Gasteiger charge is 2.19. The van der Waals surface area contributed by atoms with Crippen molar-refractivity contribution >= 4 is 39.9 Å². The van der Waals surface area contributed by atoms with Crippen molar-refractivity contribution in [2.45, 2.75) is 0 Å². The molecule has 0 radical (unpaired) electrons. The number of hydrogen-bond donors (Lipinski definition) is 0.